The average molecular weight is 254 g/mol. The molecule has 3 N–H and O–H groups in total. The monoisotopic (exact) mass is 254 g/mol. The maximum atomic E-state index is 9.61. The molecule has 0 aliphatic heterocycles. The fourth-order valence-electron chi connectivity index (χ4n) is 1.60. The Kier molecular flexibility index (Phi) is 5.80. The molecule has 6 nitrogen and oxygen atoms in total. The lowest BCUT2D eigenvalue weighted by molar-refractivity contribution is 0.0727. The second-order valence-electron chi connectivity index (χ2n) is 4.06. The van der Waals surface area contributed by atoms with Crippen LogP contribution in [-0.2, 0) is 11.2 Å². The summed E-state index contributed by atoms with van der Waals surface area (Å²) in [7, 11) is 3.39. The van der Waals surface area contributed by atoms with Gasteiger partial charge in [0.15, 0.2) is 0 Å². The average Bonchev–Trinajstić information content (AvgIpc) is 2.38. The fourth-order valence-corrected chi connectivity index (χ4v) is 1.60. The van der Waals surface area contributed by atoms with E-state index >= 15 is 0 Å². The number of aliphatic hydroxyl groups is 1. The molecule has 1 atom stereocenters. The second-order valence-corrected chi connectivity index (χ2v) is 4.06. The number of aromatic nitrogens is 2. The van der Waals surface area contributed by atoms with E-state index in [1.807, 2.05) is 20.9 Å². The van der Waals surface area contributed by atoms with Crippen LogP contribution < -0.4 is 10.6 Å². The van der Waals surface area contributed by atoms with E-state index in [9.17, 15) is 5.11 Å². The van der Waals surface area contributed by atoms with Crippen LogP contribution in [0.3, 0.4) is 0 Å². The lowest BCUT2D eigenvalue weighted by Crippen LogP contribution is -2.25. The Morgan fingerprint density at radius 3 is 2.56 bits per heavy atom. The first-order valence-electron chi connectivity index (χ1n) is 6.08. The third kappa shape index (κ3) is 3.82. The predicted molar refractivity (Wildman–Crippen MR) is 72.1 cm³/mol. The smallest absolute Gasteiger partial charge is 0.134 e. The van der Waals surface area contributed by atoms with Gasteiger partial charge in [-0.2, -0.15) is 0 Å². The molecule has 1 rings (SSSR count). The molecule has 0 saturated heterocycles. The van der Waals surface area contributed by atoms with Crippen LogP contribution in [0.25, 0.3) is 0 Å². The molecular weight excluding hydrogens is 232 g/mol. The lowest BCUT2D eigenvalue weighted by atomic mass is 10.2. The number of nitrogens with one attached hydrogen (secondary N) is 2. The molecule has 18 heavy (non-hydrogen) atoms. The number of rotatable bonds is 7. The van der Waals surface area contributed by atoms with Crippen molar-refractivity contribution < 1.29 is 9.84 Å². The highest BCUT2D eigenvalue weighted by Crippen LogP contribution is 2.19. The third-order valence-corrected chi connectivity index (χ3v) is 2.61. The minimum atomic E-state index is -0.549. The quantitative estimate of drug-likeness (QED) is 0.668. The van der Waals surface area contributed by atoms with E-state index in [0.717, 1.165) is 29.4 Å². The summed E-state index contributed by atoms with van der Waals surface area (Å²) in [5, 5.41) is 15.8. The summed E-state index contributed by atoms with van der Waals surface area (Å²) in [6, 6.07) is 0. The normalized spacial score (nSPS) is 12.3. The van der Waals surface area contributed by atoms with Gasteiger partial charge in [0.25, 0.3) is 0 Å². The zero-order valence-corrected chi connectivity index (χ0v) is 11.4. The largest absolute Gasteiger partial charge is 0.389 e. The Balaban J connectivity index is 2.80. The van der Waals surface area contributed by atoms with Gasteiger partial charge in [-0.1, -0.05) is 6.92 Å². The summed E-state index contributed by atoms with van der Waals surface area (Å²) in [4.78, 5) is 8.80. The first kappa shape index (κ1) is 14.7. The summed E-state index contributed by atoms with van der Waals surface area (Å²) in [5.41, 5.74) is 0.944. The van der Waals surface area contributed by atoms with Crippen molar-refractivity contribution in [1.29, 1.82) is 0 Å². The maximum Gasteiger partial charge on any atom is 0.134 e. The van der Waals surface area contributed by atoms with Crippen molar-refractivity contribution in [3.05, 3.63) is 11.4 Å². The minimum Gasteiger partial charge on any atom is -0.389 e. The van der Waals surface area contributed by atoms with Crippen LogP contribution >= 0.6 is 0 Å². The zero-order chi connectivity index (χ0) is 13.5. The first-order chi connectivity index (χ1) is 8.62. The molecule has 0 aromatic carbocycles. The van der Waals surface area contributed by atoms with Crippen LogP contribution in [0.15, 0.2) is 0 Å². The molecule has 1 aromatic heterocycles. The van der Waals surface area contributed by atoms with E-state index in [4.69, 9.17) is 4.74 Å². The van der Waals surface area contributed by atoms with Crippen molar-refractivity contribution in [2.24, 2.45) is 0 Å². The summed E-state index contributed by atoms with van der Waals surface area (Å²) >= 11 is 0. The van der Waals surface area contributed by atoms with Crippen molar-refractivity contribution in [2.75, 3.05) is 37.9 Å². The first-order valence-corrected chi connectivity index (χ1v) is 6.08. The van der Waals surface area contributed by atoms with Gasteiger partial charge in [-0.15, -0.1) is 0 Å². The summed E-state index contributed by atoms with van der Waals surface area (Å²) in [6.07, 6.45) is 0.219. The van der Waals surface area contributed by atoms with E-state index in [-0.39, 0.29) is 0 Å². The van der Waals surface area contributed by atoms with Crippen LogP contribution in [-0.4, -0.2) is 48.5 Å². The van der Waals surface area contributed by atoms with E-state index in [1.165, 1.54) is 0 Å². The Bertz CT molecular complexity index is 385. The van der Waals surface area contributed by atoms with Gasteiger partial charge in [0.05, 0.1) is 12.7 Å². The van der Waals surface area contributed by atoms with Gasteiger partial charge >= 0.3 is 0 Å². The van der Waals surface area contributed by atoms with Crippen LogP contribution in [0.1, 0.15) is 18.3 Å². The van der Waals surface area contributed by atoms with Gasteiger partial charge in [0.2, 0.25) is 0 Å². The van der Waals surface area contributed by atoms with Crippen LogP contribution in [0, 0.1) is 6.92 Å². The molecule has 0 bridgehead atoms. The minimum absolute atomic E-state index is 0.302. The number of anilines is 2. The number of hydrogen-bond donors (Lipinski definition) is 3. The summed E-state index contributed by atoms with van der Waals surface area (Å²) < 4.78 is 4.88. The molecule has 6 heteroatoms. The van der Waals surface area contributed by atoms with E-state index in [1.54, 1.807) is 7.11 Å². The highest BCUT2D eigenvalue weighted by molar-refractivity contribution is 5.57. The number of aliphatic hydroxyl groups excluding tert-OH is 1. The topological polar surface area (TPSA) is 79.3 Å². The zero-order valence-electron chi connectivity index (χ0n) is 11.4. The molecule has 0 fully saturated rings. The molecule has 0 spiro atoms. The molecule has 0 saturated carbocycles. The highest BCUT2D eigenvalue weighted by atomic mass is 16.5. The number of hydrogen-bond acceptors (Lipinski definition) is 6. The Labute approximate surface area is 108 Å². The van der Waals surface area contributed by atoms with Gasteiger partial charge in [-0.05, 0) is 6.92 Å². The third-order valence-electron chi connectivity index (χ3n) is 2.61. The molecular formula is C12H22N4O2. The van der Waals surface area contributed by atoms with Crippen LogP contribution in [0.5, 0.6) is 0 Å². The number of ether oxygens (including phenoxy) is 1. The van der Waals surface area contributed by atoms with Gasteiger partial charge in [-0.25, -0.2) is 9.97 Å². The molecule has 1 heterocycles. The molecule has 102 valence electrons. The number of methoxy groups -OCH3 is 1. The second kappa shape index (κ2) is 7.13. The Hall–Kier alpha value is -1.40. The van der Waals surface area contributed by atoms with Gasteiger partial charge in [0, 0.05) is 32.7 Å². The SMILES string of the molecule is CCc1nc(NC)c(C)c(NCC(O)COC)n1. The van der Waals surface area contributed by atoms with Crippen molar-refractivity contribution >= 4 is 11.6 Å². The van der Waals surface area contributed by atoms with Crippen molar-refractivity contribution in [3.8, 4) is 0 Å². The highest BCUT2D eigenvalue weighted by Gasteiger charge is 2.10. The molecule has 0 radical (unpaired) electrons. The van der Waals surface area contributed by atoms with E-state index in [0.29, 0.717) is 13.2 Å². The predicted octanol–water partition coefficient (Wildman–Crippen LogP) is 0.808. The number of aryl methyl sites for hydroxylation is 1. The molecule has 0 aliphatic carbocycles. The Morgan fingerprint density at radius 1 is 1.33 bits per heavy atom. The molecule has 0 aliphatic rings. The van der Waals surface area contributed by atoms with Crippen LogP contribution in [0.4, 0.5) is 11.6 Å². The van der Waals surface area contributed by atoms with Gasteiger partial charge in [0.1, 0.15) is 17.5 Å². The molecule has 1 aromatic rings. The van der Waals surface area contributed by atoms with Gasteiger partial charge in [-0.3, -0.25) is 0 Å². The lowest BCUT2D eigenvalue weighted by Gasteiger charge is -2.15. The molecule has 1 unspecified atom stereocenters. The Morgan fingerprint density at radius 2 is 2.00 bits per heavy atom. The van der Waals surface area contributed by atoms with Crippen molar-refractivity contribution in [1.82, 2.24) is 9.97 Å². The maximum absolute atomic E-state index is 9.61. The summed E-state index contributed by atoms with van der Waals surface area (Å²) in [6.45, 7) is 4.65. The van der Waals surface area contributed by atoms with E-state index in [2.05, 4.69) is 20.6 Å². The van der Waals surface area contributed by atoms with Crippen LogP contribution in [0.2, 0.25) is 0 Å². The van der Waals surface area contributed by atoms with E-state index < -0.39 is 6.10 Å². The summed E-state index contributed by atoms with van der Waals surface area (Å²) in [5.74, 6) is 2.33. The van der Waals surface area contributed by atoms with Gasteiger partial charge < -0.3 is 20.5 Å². The fraction of sp³-hybridized carbons (Fsp3) is 0.667. The van der Waals surface area contributed by atoms with Crippen molar-refractivity contribution in [2.45, 2.75) is 26.4 Å². The van der Waals surface area contributed by atoms with Crippen molar-refractivity contribution in [3.63, 3.8) is 0 Å². The standard InChI is InChI=1S/C12H22N4O2/c1-5-10-15-11(13-3)8(2)12(16-10)14-6-9(17)7-18-4/h9,17H,5-7H2,1-4H3,(H2,13,14,15,16). The number of nitrogens with zero attached hydrogens (tertiary/aromatic N) is 2. The molecule has 0 amide bonds.